The summed E-state index contributed by atoms with van der Waals surface area (Å²) in [5.74, 6) is 1.51. The first-order valence-electron chi connectivity index (χ1n) is 5.47. The fraction of sp³-hybridized carbons (Fsp3) is 1.00. The molecule has 0 aromatic rings. The Morgan fingerprint density at radius 2 is 2.23 bits per heavy atom. The van der Waals surface area contributed by atoms with Crippen molar-refractivity contribution in [1.29, 1.82) is 0 Å². The number of hydrogen-bond acceptors (Lipinski definition) is 2. The van der Waals surface area contributed by atoms with Gasteiger partial charge in [-0.1, -0.05) is 26.7 Å². The van der Waals surface area contributed by atoms with Crippen molar-refractivity contribution in [3.63, 3.8) is 0 Å². The highest BCUT2D eigenvalue weighted by molar-refractivity contribution is 4.91. The third kappa shape index (κ3) is 2.96. The second-order valence-corrected chi connectivity index (χ2v) is 4.94. The number of rotatable bonds is 3. The minimum atomic E-state index is -0.0675. The van der Waals surface area contributed by atoms with Gasteiger partial charge < -0.3 is 10.8 Å². The summed E-state index contributed by atoms with van der Waals surface area (Å²) in [5.41, 5.74) is 6.17. The molecule has 0 aliphatic heterocycles. The first-order valence-corrected chi connectivity index (χ1v) is 5.47. The summed E-state index contributed by atoms with van der Waals surface area (Å²) in [6.45, 7) is 4.78. The van der Waals surface area contributed by atoms with E-state index in [1.54, 1.807) is 0 Å². The molecule has 1 fully saturated rings. The van der Waals surface area contributed by atoms with Crippen LogP contribution in [0.1, 0.15) is 46.0 Å². The summed E-state index contributed by atoms with van der Waals surface area (Å²) in [6, 6.07) is 0. The summed E-state index contributed by atoms with van der Waals surface area (Å²) in [7, 11) is 0. The lowest BCUT2D eigenvalue weighted by Crippen LogP contribution is -2.45. The van der Waals surface area contributed by atoms with Crippen LogP contribution >= 0.6 is 0 Å². The van der Waals surface area contributed by atoms with Crippen molar-refractivity contribution >= 4 is 0 Å². The highest BCUT2D eigenvalue weighted by atomic mass is 16.3. The van der Waals surface area contributed by atoms with Gasteiger partial charge in [-0.15, -0.1) is 0 Å². The van der Waals surface area contributed by atoms with Crippen LogP contribution in [-0.4, -0.2) is 17.3 Å². The van der Waals surface area contributed by atoms with Crippen molar-refractivity contribution in [2.24, 2.45) is 17.6 Å². The fourth-order valence-corrected chi connectivity index (χ4v) is 2.46. The largest absolute Gasteiger partial charge is 0.396 e. The van der Waals surface area contributed by atoms with Gasteiger partial charge in [0, 0.05) is 12.1 Å². The van der Waals surface area contributed by atoms with Crippen LogP contribution in [0.4, 0.5) is 0 Å². The van der Waals surface area contributed by atoms with Gasteiger partial charge in [0.2, 0.25) is 0 Å². The van der Waals surface area contributed by atoms with E-state index in [-0.39, 0.29) is 12.1 Å². The molecule has 1 aliphatic carbocycles. The molecule has 1 aliphatic rings. The monoisotopic (exact) mass is 185 g/mol. The molecule has 0 saturated heterocycles. The Morgan fingerprint density at radius 1 is 1.54 bits per heavy atom. The second-order valence-electron chi connectivity index (χ2n) is 4.94. The van der Waals surface area contributed by atoms with Gasteiger partial charge in [0.15, 0.2) is 0 Å². The molecule has 0 radical (unpaired) electrons. The Balaban J connectivity index is 2.49. The maximum absolute atomic E-state index is 8.93. The highest BCUT2D eigenvalue weighted by Crippen LogP contribution is 2.36. The van der Waals surface area contributed by atoms with Crippen molar-refractivity contribution in [2.75, 3.05) is 6.61 Å². The average Bonchev–Trinajstić information content (AvgIpc) is 2.04. The van der Waals surface area contributed by atoms with Crippen LogP contribution < -0.4 is 5.73 Å². The van der Waals surface area contributed by atoms with Gasteiger partial charge in [0.05, 0.1) is 0 Å². The number of hydrogen-bond donors (Lipinski definition) is 2. The SMILES string of the molecule is CC(C)C1CCCC(N)(CCO)C1. The molecule has 0 spiro atoms. The van der Waals surface area contributed by atoms with Crippen LogP contribution in [0.2, 0.25) is 0 Å². The van der Waals surface area contributed by atoms with Crippen molar-refractivity contribution in [3.8, 4) is 0 Å². The Bertz CT molecular complexity index is 154. The third-order valence-electron chi connectivity index (χ3n) is 3.47. The van der Waals surface area contributed by atoms with E-state index in [1.165, 1.54) is 12.8 Å². The smallest absolute Gasteiger partial charge is 0.0448 e. The van der Waals surface area contributed by atoms with Crippen molar-refractivity contribution < 1.29 is 5.11 Å². The lowest BCUT2D eigenvalue weighted by molar-refractivity contribution is 0.146. The van der Waals surface area contributed by atoms with Crippen molar-refractivity contribution in [3.05, 3.63) is 0 Å². The van der Waals surface area contributed by atoms with Gasteiger partial charge >= 0.3 is 0 Å². The minimum absolute atomic E-state index is 0.0675. The summed E-state index contributed by atoms with van der Waals surface area (Å²) < 4.78 is 0. The van der Waals surface area contributed by atoms with Crippen LogP contribution in [0.3, 0.4) is 0 Å². The van der Waals surface area contributed by atoms with Gasteiger partial charge in [0.1, 0.15) is 0 Å². The standard InChI is InChI=1S/C11H23NO/c1-9(2)10-4-3-5-11(12,8-10)6-7-13/h9-10,13H,3-8,12H2,1-2H3. The lowest BCUT2D eigenvalue weighted by atomic mass is 9.71. The zero-order chi connectivity index (χ0) is 9.90. The Hall–Kier alpha value is -0.0800. The molecule has 78 valence electrons. The summed E-state index contributed by atoms with van der Waals surface area (Å²) in [4.78, 5) is 0. The Kier molecular flexibility index (Phi) is 3.74. The first-order chi connectivity index (χ1) is 6.07. The Morgan fingerprint density at radius 3 is 2.77 bits per heavy atom. The molecule has 13 heavy (non-hydrogen) atoms. The normalized spacial score (nSPS) is 35.3. The lowest BCUT2D eigenvalue weighted by Gasteiger charge is -2.39. The molecule has 0 bridgehead atoms. The van der Waals surface area contributed by atoms with E-state index in [0.29, 0.717) is 0 Å². The maximum Gasteiger partial charge on any atom is 0.0448 e. The van der Waals surface area contributed by atoms with Gasteiger partial charge in [-0.25, -0.2) is 0 Å². The molecule has 2 heteroatoms. The van der Waals surface area contributed by atoms with E-state index in [9.17, 15) is 0 Å². The molecule has 0 amide bonds. The molecule has 1 saturated carbocycles. The molecule has 2 unspecified atom stereocenters. The van der Waals surface area contributed by atoms with Crippen LogP contribution in [0.15, 0.2) is 0 Å². The third-order valence-corrected chi connectivity index (χ3v) is 3.47. The van der Waals surface area contributed by atoms with Gasteiger partial charge in [-0.3, -0.25) is 0 Å². The summed E-state index contributed by atoms with van der Waals surface area (Å²) in [5, 5.41) is 8.93. The number of aliphatic hydroxyl groups excluding tert-OH is 1. The predicted molar refractivity (Wildman–Crippen MR) is 55.4 cm³/mol. The Labute approximate surface area is 81.5 Å². The predicted octanol–water partition coefficient (Wildman–Crippen LogP) is 1.91. The topological polar surface area (TPSA) is 46.2 Å². The zero-order valence-corrected chi connectivity index (χ0v) is 8.92. The first kappa shape index (κ1) is 11.0. The molecular weight excluding hydrogens is 162 g/mol. The van der Waals surface area contributed by atoms with E-state index < -0.39 is 0 Å². The van der Waals surface area contributed by atoms with Crippen LogP contribution in [0, 0.1) is 11.8 Å². The van der Waals surface area contributed by atoms with Crippen LogP contribution in [0.5, 0.6) is 0 Å². The molecule has 1 rings (SSSR count). The molecule has 0 heterocycles. The zero-order valence-electron chi connectivity index (χ0n) is 8.92. The molecule has 3 N–H and O–H groups in total. The van der Waals surface area contributed by atoms with E-state index in [0.717, 1.165) is 31.1 Å². The average molecular weight is 185 g/mol. The molecule has 2 nitrogen and oxygen atoms in total. The number of aliphatic hydroxyl groups is 1. The van der Waals surface area contributed by atoms with Crippen LogP contribution in [-0.2, 0) is 0 Å². The van der Waals surface area contributed by atoms with Gasteiger partial charge in [0.25, 0.3) is 0 Å². The second kappa shape index (κ2) is 4.43. The minimum Gasteiger partial charge on any atom is -0.396 e. The fourth-order valence-electron chi connectivity index (χ4n) is 2.46. The van der Waals surface area contributed by atoms with Crippen molar-refractivity contribution in [2.45, 2.75) is 51.5 Å². The van der Waals surface area contributed by atoms with E-state index in [4.69, 9.17) is 10.8 Å². The molecule has 0 aromatic carbocycles. The molecule has 0 aromatic heterocycles. The quantitative estimate of drug-likeness (QED) is 0.705. The molecule has 2 atom stereocenters. The van der Waals surface area contributed by atoms with E-state index >= 15 is 0 Å². The molecular formula is C11H23NO. The summed E-state index contributed by atoms with van der Waals surface area (Å²) in [6.07, 6.45) is 5.53. The van der Waals surface area contributed by atoms with E-state index in [1.807, 2.05) is 0 Å². The van der Waals surface area contributed by atoms with Gasteiger partial charge in [-0.2, -0.15) is 0 Å². The highest BCUT2D eigenvalue weighted by Gasteiger charge is 2.33. The van der Waals surface area contributed by atoms with Gasteiger partial charge in [-0.05, 0) is 31.1 Å². The summed E-state index contributed by atoms with van der Waals surface area (Å²) >= 11 is 0. The van der Waals surface area contributed by atoms with E-state index in [2.05, 4.69) is 13.8 Å². The maximum atomic E-state index is 8.93. The number of nitrogens with two attached hydrogens (primary N) is 1. The van der Waals surface area contributed by atoms with Crippen LogP contribution in [0.25, 0.3) is 0 Å². The van der Waals surface area contributed by atoms with Crippen molar-refractivity contribution in [1.82, 2.24) is 0 Å².